The Morgan fingerprint density at radius 1 is 1.00 bits per heavy atom. The summed E-state index contributed by atoms with van der Waals surface area (Å²) in [6.45, 7) is -0.0489. The molecule has 9 nitrogen and oxygen atoms in total. The second-order valence-electron chi connectivity index (χ2n) is 8.68. The number of hydrogen-bond donors (Lipinski definition) is 2. The van der Waals surface area contributed by atoms with Crippen LogP contribution in [0.2, 0.25) is 0 Å². The molecule has 0 bridgehead atoms. The lowest BCUT2D eigenvalue weighted by atomic mass is 10.1. The van der Waals surface area contributed by atoms with E-state index in [1.165, 1.54) is 18.5 Å². The third-order valence-electron chi connectivity index (χ3n) is 5.92. The van der Waals surface area contributed by atoms with E-state index in [2.05, 4.69) is 24.7 Å². The minimum absolute atomic E-state index is 0.0417. The molecule has 0 unspecified atom stereocenters. The molecule has 13 heteroatoms. The lowest BCUT2D eigenvalue weighted by Crippen LogP contribution is -2.32. The first-order valence-electron chi connectivity index (χ1n) is 12.0. The predicted molar refractivity (Wildman–Crippen MR) is 136 cm³/mol. The summed E-state index contributed by atoms with van der Waals surface area (Å²) < 4.78 is 56.6. The van der Waals surface area contributed by atoms with Crippen LogP contribution < -0.4 is 16.4 Å². The van der Waals surface area contributed by atoms with E-state index >= 15 is 0 Å². The summed E-state index contributed by atoms with van der Waals surface area (Å²) in [4.78, 5) is 19.2. The molecule has 202 valence electrons. The average Bonchev–Trinajstić information content (AvgIpc) is 3.30. The number of rotatable bonds is 12. The molecule has 4 rings (SSSR count). The summed E-state index contributed by atoms with van der Waals surface area (Å²) in [6.07, 6.45) is 2.28. The Kier molecular flexibility index (Phi) is 8.69. The summed E-state index contributed by atoms with van der Waals surface area (Å²) in [5.41, 5.74) is 16.1. The third-order valence-corrected chi connectivity index (χ3v) is 5.92. The number of nitrogens with zero attached hydrogens (tertiary/aromatic N) is 6. The van der Waals surface area contributed by atoms with Crippen molar-refractivity contribution in [2.24, 2.45) is 5.73 Å². The largest absolute Gasteiger partial charge is 0.411 e. The van der Waals surface area contributed by atoms with Crippen molar-refractivity contribution in [2.45, 2.75) is 32.0 Å². The smallest absolute Gasteiger partial charge is 0.382 e. The molecule has 0 saturated carbocycles. The molecule has 0 atom stereocenters. The van der Waals surface area contributed by atoms with Gasteiger partial charge in [-0.05, 0) is 55.2 Å². The first-order valence-corrected chi connectivity index (χ1v) is 12.0. The highest BCUT2D eigenvalue weighted by Gasteiger charge is 2.27. The van der Waals surface area contributed by atoms with Crippen LogP contribution in [0.4, 0.5) is 29.1 Å². The lowest BCUT2D eigenvalue weighted by molar-refractivity contribution is -0.174. The highest BCUT2D eigenvalue weighted by molar-refractivity contribution is 5.81. The van der Waals surface area contributed by atoms with Crippen LogP contribution >= 0.6 is 0 Å². The second kappa shape index (κ2) is 12.1. The highest BCUT2D eigenvalue weighted by atomic mass is 19.4. The number of nitrogen functional groups attached to an aromatic ring is 1. The summed E-state index contributed by atoms with van der Waals surface area (Å²) in [7, 11) is 0. The van der Waals surface area contributed by atoms with Gasteiger partial charge < -0.3 is 25.7 Å². The Labute approximate surface area is 216 Å². The Morgan fingerprint density at radius 3 is 2.53 bits per heavy atom. The second-order valence-corrected chi connectivity index (χ2v) is 8.68. The number of ether oxygens (including phenoxy) is 1. The van der Waals surface area contributed by atoms with Crippen molar-refractivity contribution in [1.82, 2.24) is 24.5 Å². The molecular formula is C25H28F4N8O. The Bertz CT molecular complexity index is 1340. The van der Waals surface area contributed by atoms with Gasteiger partial charge in [0.25, 0.3) is 0 Å². The predicted octanol–water partition coefficient (Wildman–Crippen LogP) is 4.13. The third kappa shape index (κ3) is 6.92. The lowest BCUT2D eigenvalue weighted by Gasteiger charge is -2.26. The van der Waals surface area contributed by atoms with Crippen LogP contribution in [0.25, 0.3) is 22.4 Å². The number of imidazole rings is 1. The molecule has 0 saturated heterocycles. The van der Waals surface area contributed by atoms with Crippen LogP contribution in [0.5, 0.6) is 0 Å². The van der Waals surface area contributed by atoms with Gasteiger partial charge in [-0.15, -0.1) is 0 Å². The molecule has 3 aromatic heterocycles. The van der Waals surface area contributed by atoms with Crippen molar-refractivity contribution in [3.05, 3.63) is 60.6 Å². The van der Waals surface area contributed by atoms with E-state index in [1.807, 2.05) is 15.5 Å². The molecule has 3 heterocycles. The van der Waals surface area contributed by atoms with E-state index < -0.39 is 12.8 Å². The number of hydrogen-bond acceptors (Lipinski definition) is 8. The van der Waals surface area contributed by atoms with Gasteiger partial charge in [0, 0.05) is 18.7 Å². The van der Waals surface area contributed by atoms with E-state index in [9.17, 15) is 17.6 Å². The normalized spacial score (nSPS) is 11.8. The molecule has 0 aliphatic rings. The molecule has 38 heavy (non-hydrogen) atoms. The van der Waals surface area contributed by atoms with Gasteiger partial charge in [0.05, 0.1) is 37.1 Å². The maximum absolute atomic E-state index is 13.5. The topological polar surface area (TPSA) is 121 Å². The van der Waals surface area contributed by atoms with Crippen LogP contribution in [-0.2, 0) is 11.3 Å². The average molecular weight is 533 g/mol. The number of fused-ring (bicyclic) bond motifs is 1. The standard InChI is InChI=1S/C25H28F4N8O/c26-19-6-4-17(5-7-19)20-10-18(12-37-16-35-22-23(31)33-15-34-24(22)37)21(11-32-20)36(14-30)8-2-1-3-9-38-13-25(27,28)29/h4-7,10-11,15-16H,1-3,8-9,12-14,30H2,(H2,31,33,34). The van der Waals surface area contributed by atoms with Gasteiger partial charge in [-0.1, -0.05) is 0 Å². The van der Waals surface area contributed by atoms with E-state index in [4.69, 9.17) is 11.5 Å². The van der Waals surface area contributed by atoms with Crippen molar-refractivity contribution < 1.29 is 22.3 Å². The SMILES string of the molecule is NCN(CCCCCOCC(F)(F)F)c1cnc(-c2ccc(F)cc2)cc1Cn1cnc2c(N)ncnc21. The number of pyridine rings is 1. The van der Waals surface area contributed by atoms with E-state index in [0.29, 0.717) is 49.2 Å². The van der Waals surface area contributed by atoms with Crippen molar-refractivity contribution in [3.63, 3.8) is 0 Å². The van der Waals surface area contributed by atoms with Gasteiger partial charge in [-0.3, -0.25) is 4.98 Å². The minimum Gasteiger partial charge on any atom is -0.382 e. The van der Waals surface area contributed by atoms with E-state index in [0.717, 1.165) is 16.8 Å². The first kappa shape index (κ1) is 27.2. The molecule has 0 aliphatic carbocycles. The number of halogens is 4. The summed E-state index contributed by atoms with van der Waals surface area (Å²) in [5.74, 6) is -0.0654. The zero-order valence-corrected chi connectivity index (χ0v) is 20.5. The first-order chi connectivity index (χ1) is 18.2. The van der Waals surface area contributed by atoms with Gasteiger partial charge in [-0.25, -0.2) is 19.3 Å². The highest BCUT2D eigenvalue weighted by Crippen LogP contribution is 2.28. The monoisotopic (exact) mass is 532 g/mol. The Morgan fingerprint density at radius 2 is 1.79 bits per heavy atom. The molecule has 1 aromatic carbocycles. The molecule has 4 aromatic rings. The Balaban J connectivity index is 1.54. The summed E-state index contributed by atoms with van der Waals surface area (Å²) >= 11 is 0. The van der Waals surface area contributed by atoms with Gasteiger partial charge in [0.2, 0.25) is 0 Å². The fourth-order valence-corrected chi connectivity index (χ4v) is 4.06. The molecule has 4 N–H and O–H groups in total. The van der Waals surface area contributed by atoms with Crippen LogP contribution in [0.1, 0.15) is 24.8 Å². The fourth-order valence-electron chi connectivity index (χ4n) is 4.06. The maximum atomic E-state index is 13.5. The van der Waals surface area contributed by atoms with Crippen LogP contribution in [-0.4, -0.2) is 57.1 Å². The van der Waals surface area contributed by atoms with Gasteiger partial charge in [0.15, 0.2) is 11.5 Å². The molecule has 0 aliphatic heterocycles. The van der Waals surface area contributed by atoms with Crippen LogP contribution in [0.3, 0.4) is 0 Å². The van der Waals surface area contributed by atoms with Gasteiger partial charge in [0.1, 0.15) is 24.3 Å². The van der Waals surface area contributed by atoms with E-state index in [-0.39, 0.29) is 24.9 Å². The zero-order chi connectivity index (χ0) is 27.1. The van der Waals surface area contributed by atoms with E-state index in [1.54, 1.807) is 24.7 Å². The number of benzene rings is 1. The molecule has 0 spiro atoms. The minimum atomic E-state index is -4.32. The van der Waals surface area contributed by atoms with Gasteiger partial charge >= 0.3 is 6.18 Å². The summed E-state index contributed by atoms with van der Waals surface area (Å²) in [6, 6.07) is 7.97. The van der Waals surface area contributed by atoms with Gasteiger partial charge in [-0.2, -0.15) is 13.2 Å². The number of alkyl halides is 3. The molecular weight excluding hydrogens is 504 g/mol. The number of nitrogens with two attached hydrogens (primary N) is 2. The summed E-state index contributed by atoms with van der Waals surface area (Å²) in [5, 5.41) is 0. The van der Waals surface area contributed by atoms with Crippen molar-refractivity contribution in [3.8, 4) is 11.3 Å². The fraction of sp³-hybridized carbons (Fsp3) is 0.360. The molecule has 0 radical (unpaired) electrons. The van der Waals surface area contributed by atoms with Crippen molar-refractivity contribution in [2.75, 3.05) is 37.1 Å². The quantitative estimate of drug-likeness (QED) is 0.159. The number of anilines is 2. The zero-order valence-electron chi connectivity index (χ0n) is 20.5. The maximum Gasteiger partial charge on any atom is 0.411 e. The van der Waals surface area contributed by atoms with Crippen molar-refractivity contribution in [1.29, 1.82) is 0 Å². The number of unbranched alkanes of at least 4 members (excludes halogenated alkanes) is 2. The molecule has 0 amide bonds. The number of aromatic nitrogens is 5. The Hall–Kier alpha value is -3.84. The van der Waals surface area contributed by atoms with Crippen LogP contribution in [0.15, 0.2) is 49.2 Å². The van der Waals surface area contributed by atoms with Crippen molar-refractivity contribution >= 4 is 22.7 Å². The molecule has 0 fully saturated rings. The van der Waals surface area contributed by atoms with Crippen LogP contribution in [0, 0.1) is 5.82 Å².